The molecule has 16 heavy (non-hydrogen) atoms. The molecule has 0 spiro atoms. The van der Waals surface area contributed by atoms with Gasteiger partial charge in [-0.3, -0.25) is 4.79 Å². The zero-order valence-corrected chi connectivity index (χ0v) is 11.7. The molecule has 1 atom stereocenters. The van der Waals surface area contributed by atoms with Gasteiger partial charge in [0.25, 0.3) is 0 Å². The molecule has 0 aromatic carbocycles. The largest absolute Gasteiger partial charge is 0.339 e. The van der Waals surface area contributed by atoms with E-state index in [2.05, 4.69) is 32.6 Å². The monoisotopic (exact) mass is 225 g/mol. The fraction of sp³-hybridized carbons (Fsp3) is 0.929. The Kier molecular flexibility index (Phi) is 4.03. The fourth-order valence-electron chi connectivity index (χ4n) is 2.75. The molecule has 1 amide bonds. The number of nitrogens with zero attached hydrogens (tertiary/aromatic N) is 1. The molecular formula is C14H27NO. The van der Waals surface area contributed by atoms with Crippen LogP contribution < -0.4 is 0 Å². The van der Waals surface area contributed by atoms with Crippen LogP contribution in [0, 0.1) is 17.3 Å². The van der Waals surface area contributed by atoms with Crippen molar-refractivity contribution in [1.29, 1.82) is 0 Å². The quantitative estimate of drug-likeness (QED) is 0.721. The number of hydrogen-bond acceptors (Lipinski definition) is 1. The first-order valence-electron chi connectivity index (χ1n) is 6.53. The molecule has 0 aliphatic carbocycles. The summed E-state index contributed by atoms with van der Waals surface area (Å²) >= 11 is 0. The van der Waals surface area contributed by atoms with Crippen LogP contribution in [0.1, 0.15) is 54.4 Å². The first-order chi connectivity index (χ1) is 7.23. The normalized spacial score (nSPS) is 24.5. The molecule has 0 N–H and O–H groups in total. The Morgan fingerprint density at radius 3 is 2.31 bits per heavy atom. The van der Waals surface area contributed by atoms with E-state index in [1.54, 1.807) is 0 Å². The van der Waals surface area contributed by atoms with Crippen LogP contribution in [0.5, 0.6) is 0 Å². The van der Waals surface area contributed by atoms with Crippen LogP contribution in [0.2, 0.25) is 0 Å². The molecule has 0 radical (unpaired) electrons. The Hall–Kier alpha value is -0.530. The van der Waals surface area contributed by atoms with Crippen molar-refractivity contribution in [1.82, 2.24) is 4.90 Å². The maximum atomic E-state index is 12.2. The Morgan fingerprint density at radius 2 is 1.88 bits per heavy atom. The van der Waals surface area contributed by atoms with Crippen molar-refractivity contribution in [2.75, 3.05) is 6.54 Å². The van der Waals surface area contributed by atoms with Gasteiger partial charge >= 0.3 is 0 Å². The number of hydrogen-bond donors (Lipinski definition) is 0. The second-order valence-corrected chi connectivity index (χ2v) is 6.77. The number of rotatable bonds is 3. The van der Waals surface area contributed by atoms with Gasteiger partial charge in [0, 0.05) is 18.5 Å². The van der Waals surface area contributed by atoms with Crippen molar-refractivity contribution < 1.29 is 4.79 Å². The lowest BCUT2D eigenvalue weighted by Crippen LogP contribution is -2.39. The van der Waals surface area contributed by atoms with Crippen molar-refractivity contribution >= 4 is 5.91 Å². The summed E-state index contributed by atoms with van der Waals surface area (Å²) in [7, 11) is 0. The number of carbonyl (C=O) groups is 1. The van der Waals surface area contributed by atoms with E-state index in [-0.39, 0.29) is 5.92 Å². The predicted molar refractivity (Wildman–Crippen MR) is 68.2 cm³/mol. The van der Waals surface area contributed by atoms with Crippen molar-refractivity contribution in [2.24, 2.45) is 17.3 Å². The van der Waals surface area contributed by atoms with Crippen LogP contribution in [0.15, 0.2) is 0 Å². The SMILES string of the molecule is CC(C)CC1CC(C)(C)CN1C(=O)C(C)C. The standard InChI is InChI=1S/C14H27NO/c1-10(2)7-12-8-14(5,6)9-15(12)13(16)11(3)4/h10-12H,7-9H2,1-6H3. The van der Waals surface area contributed by atoms with Gasteiger partial charge in [0.1, 0.15) is 0 Å². The zero-order valence-electron chi connectivity index (χ0n) is 11.7. The van der Waals surface area contributed by atoms with E-state index < -0.39 is 0 Å². The molecule has 0 bridgehead atoms. The van der Waals surface area contributed by atoms with E-state index >= 15 is 0 Å². The minimum Gasteiger partial charge on any atom is -0.339 e. The van der Waals surface area contributed by atoms with Crippen molar-refractivity contribution in [2.45, 2.75) is 60.4 Å². The molecule has 1 saturated heterocycles. The first kappa shape index (κ1) is 13.5. The molecule has 0 saturated carbocycles. The van der Waals surface area contributed by atoms with E-state index in [1.165, 1.54) is 0 Å². The van der Waals surface area contributed by atoms with E-state index in [4.69, 9.17) is 0 Å². The topological polar surface area (TPSA) is 20.3 Å². The number of carbonyl (C=O) groups excluding carboxylic acids is 1. The van der Waals surface area contributed by atoms with Crippen LogP contribution in [-0.4, -0.2) is 23.4 Å². The van der Waals surface area contributed by atoms with Crippen LogP contribution >= 0.6 is 0 Å². The van der Waals surface area contributed by atoms with Crippen molar-refractivity contribution in [3.05, 3.63) is 0 Å². The summed E-state index contributed by atoms with van der Waals surface area (Å²) in [4.78, 5) is 14.3. The summed E-state index contributed by atoms with van der Waals surface area (Å²) in [5, 5.41) is 0. The van der Waals surface area contributed by atoms with E-state index in [9.17, 15) is 4.79 Å². The third kappa shape index (κ3) is 3.23. The Morgan fingerprint density at radius 1 is 1.31 bits per heavy atom. The highest BCUT2D eigenvalue weighted by molar-refractivity contribution is 5.78. The summed E-state index contributed by atoms with van der Waals surface area (Å²) in [6, 6.07) is 0.463. The van der Waals surface area contributed by atoms with Crippen molar-refractivity contribution in [3.8, 4) is 0 Å². The predicted octanol–water partition coefficient (Wildman–Crippen LogP) is 3.32. The number of likely N-dealkylation sites (tertiary alicyclic amines) is 1. The van der Waals surface area contributed by atoms with Gasteiger partial charge in [0.2, 0.25) is 5.91 Å². The summed E-state index contributed by atoms with van der Waals surface area (Å²) in [6.07, 6.45) is 2.30. The summed E-state index contributed by atoms with van der Waals surface area (Å²) in [5.41, 5.74) is 0.296. The summed E-state index contributed by atoms with van der Waals surface area (Å²) in [6.45, 7) is 14.0. The van der Waals surface area contributed by atoms with E-state index in [1.807, 2.05) is 13.8 Å². The molecule has 1 heterocycles. The maximum Gasteiger partial charge on any atom is 0.225 e. The Balaban J connectivity index is 2.76. The highest BCUT2D eigenvalue weighted by Crippen LogP contribution is 2.37. The van der Waals surface area contributed by atoms with Gasteiger partial charge < -0.3 is 4.90 Å². The first-order valence-corrected chi connectivity index (χ1v) is 6.53. The lowest BCUT2D eigenvalue weighted by atomic mass is 9.88. The summed E-state index contributed by atoms with van der Waals surface area (Å²) in [5.74, 6) is 1.13. The number of amides is 1. The lowest BCUT2D eigenvalue weighted by Gasteiger charge is -2.27. The second kappa shape index (κ2) is 4.77. The molecule has 1 unspecified atom stereocenters. The molecule has 2 nitrogen and oxygen atoms in total. The van der Waals surface area contributed by atoms with Crippen LogP contribution in [-0.2, 0) is 4.79 Å². The Bertz CT molecular complexity index is 255. The smallest absolute Gasteiger partial charge is 0.225 e. The van der Waals surface area contributed by atoms with E-state index in [0.717, 1.165) is 19.4 Å². The van der Waals surface area contributed by atoms with Gasteiger partial charge in [-0.25, -0.2) is 0 Å². The third-order valence-electron chi connectivity index (χ3n) is 3.35. The molecule has 1 fully saturated rings. The molecule has 0 aromatic rings. The van der Waals surface area contributed by atoms with Gasteiger partial charge in [-0.1, -0.05) is 41.5 Å². The average Bonchev–Trinajstić information content (AvgIpc) is 2.38. The van der Waals surface area contributed by atoms with Gasteiger partial charge in [-0.2, -0.15) is 0 Å². The Labute approximate surface area is 100 Å². The van der Waals surface area contributed by atoms with Gasteiger partial charge in [0.05, 0.1) is 0 Å². The molecule has 1 aliphatic heterocycles. The zero-order chi connectivity index (χ0) is 12.5. The minimum absolute atomic E-state index is 0.128. The molecule has 1 rings (SSSR count). The lowest BCUT2D eigenvalue weighted by molar-refractivity contribution is -0.135. The highest BCUT2D eigenvalue weighted by Gasteiger charge is 2.40. The molecule has 0 aromatic heterocycles. The minimum atomic E-state index is 0.128. The van der Waals surface area contributed by atoms with Gasteiger partial charge in [-0.05, 0) is 24.2 Å². The van der Waals surface area contributed by atoms with Crippen LogP contribution in [0.3, 0.4) is 0 Å². The second-order valence-electron chi connectivity index (χ2n) is 6.77. The van der Waals surface area contributed by atoms with Crippen LogP contribution in [0.25, 0.3) is 0 Å². The third-order valence-corrected chi connectivity index (χ3v) is 3.35. The molecule has 1 aliphatic rings. The maximum absolute atomic E-state index is 12.2. The van der Waals surface area contributed by atoms with E-state index in [0.29, 0.717) is 23.3 Å². The fourth-order valence-corrected chi connectivity index (χ4v) is 2.75. The average molecular weight is 225 g/mol. The van der Waals surface area contributed by atoms with Crippen LogP contribution in [0.4, 0.5) is 0 Å². The molecular weight excluding hydrogens is 198 g/mol. The highest BCUT2D eigenvalue weighted by atomic mass is 16.2. The van der Waals surface area contributed by atoms with Crippen molar-refractivity contribution in [3.63, 3.8) is 0 Å². The summed E-state index contributed by atoms with van der Waals surface area (Å²) < 4.78 is 0. The van der Waals surface area contributed by atoms with Gasteiger partial charge in [-0.15, -0.1) is 0 Å². The molecule has 2 heteroatoms. The van der Waals surface area contributed by atoms with Gasteiger partial charge in [0.15, 0.2) is 0 Å². The molecule has 94 valence electrons.